The smallest absolute Gasteiger partial charge is 0.0299 e. The van der Waals surface area contributed by atoms with Gasteiger partial charge < -0.3 is 10.2 Å². The molecule has 1 aliphatic rings. The van der Waals surface area contributed by atoms with Crippen molar-refractivity contribution in [1.82, 2.24) is 10.2 Å². The zero-order valence-electron chi connectivity index (χ0n) is 7.98. The lowest BCUT2D eigenvalue weighted by atomic mass is 9.95. The van der Waals surface area contributed by atoms with Gasteiger partial charge >= 0.3 is 0 Å². The van der Waals surface area contributed by atoms with Gasteiger partial charge in [0, 0.05) is 12.1 Å². The van der Waals surface area contributed by atoms with Crippen LogP contribution in [0.2, 0.25) is 0 Å². The minimum Gasteiger partial charge on any atom is -0.315 e. The van der Waals surface area contributed by atoms with Crippen molar-refractivity contribution in [3.8, 4) is 0 Å². The maximum Gasteiger partial charge on any atom is 0.0299 e. The molecule has 1 heterocycles. The minimum absolute atomic E-state index is 0.385. The predicted octanol–water partition coefficient (Wildman–Crippen LogP) is 1.08. The third-order valence-electron chi connectivity index (χ3n) is 2.90. The predicted molar refractivity (Wildman–Crippen MR) is 48.8 cm³/mol. The molecule has 0 spiro atoms. The molecule has 0 bridgehead atoms. The van der Waals surface area contributed by atoms with Crippen molar-refractivity contribution in [2.45, 2.75) is 31.7 Å². The second-order valence-corrected chi connectivity index (χ2v) is 4.03. The molecule has 0 amide bonds. The molecule has 0 aliphatic carbocycles. The molecular formula is C9H20N2. The summed E-state index contributed by atoms with van der Waals surface area (Å²) in [5.41, 5.74) is 0.385. The molecule has 0 aromatic carbocycles. The molecule has 1 aliphatic heterocycles. The molecule has 0 aromatic heterocycles. The molecule has 11 heavy (non-hydrogen) atoms. The van der Waals surface area contributed by atoms with Crippen molar-refractivity contribution in [1.29, 1.82) is 0 Å². The molecule has 0 radical (unpaired) electrons. The number of rotatable bonds is 1. The van der Waals surface area contributed by atoms with Gasteiger partial charge in [-0.1, -0.05) is 6.42 Å². The van der Waals surface area contributed by atoms with Gasteiger partial charge in [0.25, 0.3) is 0 Å². The summed E-state index contributed by atoms with van der Waals surface area (Å²) in [6.45, 7) is 4.68. The number of likely N-dealkylation sites (N-methyl/N-ethyl adjacent to an activating group) is 1. The Kier molecular flexibility index (Phi) is 2.90. The molecular weight excluding hydrogens is 136 g/mol. The second kappa shape index (κ2) is 3.55. The Morgan fingerprint density at radius 1 is 1.27 bits per heavy atom. The standard InChI is InChI=1S/C9H20N2/c1-9(11(2)3)6-4-5-7-10-8-9/h10H,4-8H2,1-3H3. The van der Waals surface area contributed by atoms with Crippen molar-refractivity contribution >= 4 is 0 Å². The SMILES string of the molecule is CN(C)C1(C)CCCCNC1. The molecule has 2 nitrogen and oxygen atoms in total. The lowest BCUT2D eigenvalue weighted by molar-refractivity contribution is 0.163. The molecule has 1 atom stereocenters. The summed E-state index contributed by atoms with van der Waals surface area (Å²) < 4.78 is 0. The molecule has 0 saturated carbocycles. The number of nitrogens with one attached hydrogen (secondary N) is 1. The maximum atomic E-state index is 3.48. The van der Waals surface area contributed by atoms with Gasteiger partial charge in [0.15, 0.2) is 0 Å². The topological polar surface area (TPSA) is 15.3 Å². The van der Waals surface area contributed by atoms with Crippen LogP contribution in [0, 0.1) is 0 Å². The second-order valence-electron chi connectivity index (χ2n) is 4.03. The van der Waals surface area contributed by atoms with E-state index in [2.05, 4.69) is 31.2 Å². The van der Waals surface area contributed by atoms with Crippen LogP contribution >= 0.6 is 0 Å². The third-order valence-corrected chi connectivity index (χ3v) is 2.90. The van der Waals surface area contributed by atoms with E-state index in [1.807, 2.05) is 0 Å². The fraction of sp³-hybridized carbons (Fsp3) is 1.00. The van der Waals surface area contributed by atoms with Gasteiger partial charge in [-0.2, -0.15) is 0 Å². The zero-order chi connectivity index (χ0) is 8.32. The van der Waals surface area contributed by atoms with E-state index >= 15 is 0 Å². The first kappa shape index (κ1) is 9.01. The molecule has 1 saturated heterocycles. The van der Waals surface area contributed by atoms with E-state index in [0.717, 1.165) is 6.54 Å². The van der Waals surface area contributed by atoms with Crippen LogP contribution in [0.3, 0.4) is 0 Å². The van der Waals surface area contributed by atoms with Gasteiger partial charge in [-0.15, -0.1) is 0 Å². The minimum atomic E-state index is 0.385. The van der Waals surface area contributed by atoms with Crippen LogP contribution in [-0.4, -0.2) is 37.6 Å². The summed E-state index contributed by atoms with van der Waals surface area (Å²) >= 11 is 0. The van der Waals surface area contributed by atoms with Crippen LogP contribution in [0.1, 0.15) is 26.2 Å². The summed E-state index contributed by atoms with van der Waals surface area (Å²) in [4.78, 5) is 2.34. The van der Waals surface area contributed by atoms with Crippen LogP contribution in [0.15, 0.2) is 0 Å². The number of nitrogens with zero attached hydrogens (tertiary/aromatic N) is 1. The zero-order valence-corrected chi connectivity index (χ0v) is 7.98. The third kappa shape index (κ3) is 2.17. The van der Waals surface area contributed by atoms with Crippen LogP contribution in [-0.2, 0) is 0 Å². The van der Waals surface area contributed by atoms with Crippen LogP contribution < -0.4 is 5.32 Å². The normalized spacial score (nSPS) is 33.8. The van der Waals surface area contributed by atoms with E-state index < -0.39 is 0 Å². The van der Waals surface area contributed by atoms with E-state index in [1.165, 1.54) is 25.8 Å². The Balaban J connectivity index is 2.52. The van der Waals surface area contributed by atoms with Crippen molar-refractivity contribution in [2.75, 3.05) is 27.2 Å². The van der Waals surface area contributed by atoms with Crippen molar-refractivity contribution in [3.05, 3.63) is 0 Å². The number of hydrogen-bond donors (Lipinski definition) is 1. The van der Waals surface area contributed by atoms with Crippen LogP contribution in [0.4, 0.5) is 0 Å². The molecule has 2 heteroatoms. The Bertz CT molecular complexity index is 113. The molecule has 1 N–H and O–H groups in total. The first-order valence-corrected chi connectivity index (χ1v) is 4.53. The fourth-order valence-electron chi connectivity index (χ4n) is 1.58. The Hall–Kier alpha value is -0.0800. The van der Waals surface area contributed by atoms with E-state index in [9.17, 15) is 0 Å². The lowest BCUT2D eigenvalue weighted by Gasteiger charge is -2.35. The Morgan fingerprint density at radius 3 is 2.64 bits per heavy atom. The fourth-order valence-corrected chi connectivity index (χ4v) is 1.58. The van der Waals surface area contributed by atoms with Crippen molar-refractivity contribution in [3.63, 3.8) is 0 Å². The largest absolute Gasteiger partial charge is 0.315 e. The van der Waals surface area contributed by atoms with Crippen molar-refractivity contribution < 1.29 is 0 Å². The highest BCUT2D eigenvalue weighted by Gasteiger charge is 2.27. The summed E-state index contributed by atoms with van der Waals surface area (Å²) in [5.74, 6) is 0. The average molecular weight is 156 g/mol. The van der Waals surface area contributed by atoms with Gasteiger partial charge in [0.05, 0.1) is 0 Å². The molecule has 66 valence electrons. The highest BCUT2D eigenvalue weighted by Crippen LogP contribution is 2.20. The van der Waals surface area contributed by atoms with E-state index in [4.69, 9.17) is 0 Å². The van der Waals surface area contributed by atoms with E-state index in [1.54, 1.807) is 0 Å². The first-order valence-electron chi connectivity index (χ1n) is 4.53. The lowest BCUT2D eigenvalue weighted by Crippen LogP contribution is -2.47. The first-order chi connectivity index (χ1) is 5.15. The highest BCUT2D eigenvalue weighted by molar-refractivity contribution is 4.86. The van der Waals surface area contributed by atoms with Gasteiger partial charge in [-0.3, -0.25) is 0 Å². The Labute approximate surface area is 70.0 Å². The summed E-state index contributed by atoms with van der Waals surface area (Å²) in [6, 6.07) is 0. The van der Waals surface area contributed by atoms with Crippen LogP contribution in [0.25, 0.3) is 0 Å². The summed E-state index contributed by atoms with van der Waals surface area (Å²) in [5, 5.41) is 3.48. The van der Waals surface area contributed by atoms with Gasteiger partial charge in [-0.25, -0.2) is 0 Å². The quantitative estimate of drug-likeness (QED) is 0.611. The van der Waals surface area contributed by atoms with E-state index in [-0.39, 0.29) is 0 Å². The summed E-state index contributed by atoms with van der Waals surface area (Å²) in [7, 11) is 4.35. The van der Waals surface area contributed by atoms with Crippen molar-refractivity contribution in [2.24, 2.45) is 0 Å². The molecule has 1 fully saturated rings. The van der Waals surface area contributed by atoms with Gasteiger partial charge in [0.2, 0.25) is 0 Å². The molecule has 1 rings (SSSR count). The van der Waals surface area contributed by atoms with Gasteiger partial charge in [-0.05, 0) is 40.4 Å². The monoisotopic (exact) mass is 156 g/mol. The van der Waals surface area contributed by atoms with Crippen LogP contribution in [0.5, 0.6) is 0 Å². The number of hydrogen-bond acceptors (Lipinski definition) is 2. The molecule has 1 unspecified atom stereocenters. The highest BCUT2D eigenvalue weighted by atomic mass is 15.2. The summed E-state index contributed by atoms with van der Waals surface area (Å²) in [6.07, 6.45) is 4.03. The van der Waals surface area contributed by atoms with Gasteiger partial charge in [0.1, 0.15) is 0 Å². The Morgan fingerprint density at radius 2 is 2.00 bits per heavy atom. The maximum absolute atomic E-state index is 3.48. The average Bonchev–Trinajstić information content (AvgIpc) is 2.15. The van der Waals surface area contributed by atoms with E-state index in [0.29, 0.717) is 5.54 Å². The molecule has 0 aromatic rings.